The lowest BCUT2D eigenvalue weighted by molar-refractivity contribution is 0.669. The van der Waals surface area contributed by atoms with Crippen molar-refractivity contribution in [3.8, 4) is 22.5 Å². The van der Waals surface area contributed by atoms with Crippen LogP contribution in [0.4, 0.5) is 0 Å². The Morgan fingerprint density at radius 3 is 2.03 bits per heavy atom. The number of benzene rings is 4. The third-order valence-electron chi connectivity index (χ3n) is 6.02. The highest BCUT2D eigenvalue weighted by Gasteiger charge is 2.14. The fourth-order valence-electron chi connectivity index (χ4n) is 4.51. The maximum absolute atomic E-state index is 6.11. The highest BCUT2D eigenvalue weighted by Crippen LogP contribution is 2.41. The van der Waals surface area contributed by atoms with Gasteiger partial charge in [0, 0.05) is 36.5 Å². The zero-order chi connectivity index (χ0) is 24.8. The molecule has 3 heterocycles. The molecule has 0 unspecified atom stereocenters. The third-order valence-corrected chi connectivity index (χ3v) is 7.58. The van der Waals surface area contributed by atoms with Crippen molar-refractivity contribution in [2.45, 2.75) is 13.8 Å². The van der Waals surface area contributed by atoms with Crippen molar-refractivity contribution in [2.24, 2.45) is 0 Å². The van der Waals surface area contributed by atoms with Crippen LogP contribution in [0.5, 0.6) is 0 Å². The van der Waals surface area contributed by atoms with Crippen LogP contribution in [0.15, 0.2) is 83.3 Å². The van der Waals surface area contributed by atoms with Gasteiger partial charge in [-0.05, 0) is 70.7 Å². The molecule has 0 aliphatic heterocycles. The minimum Gasteiger partial charge on any atom is -0.456 e. The molecule has 4 nitrogen and oxygen atoms in total. The predicted molar refractivity (Wildman–Crippen MR) is 152 cm³/mol. The van der Waals surface area contributed by atoms with E-state index in [1.807, 2.05) is 49.4 Å². The standard InChI is InChI=1S/C27H13Cl2N3OS.C2H6/c28-26-30-25(31-27(29)32-26)15-9-11-22-20(13-15)19-12-14(8-10-21(19)33-22)16-5-3-6-18-17-4-1-2-7-23(17)34-24(16)18;1-2/h1-13H;1-2H3. The Morgan fingerprint density at radius 1 is 0.639 bits per heavy atom. The number of halogens is 2. The fraction of sp³-hybridized carbons (Fsp3) is 0.0690. The van der Waals surface area contributed by atoms with Gasteiger partial charge in [-0.2, -0.15) is 15.0 Å². The highest BCUT2D eigenvalue weighted by atomic mass is 35.5. The molecule has 0 atom stereocenters. The summed E-state index contributed by atoms with van der Waals surface area (Å²) in [7, 11) is 0. The molecule has 0 bridgehead atoms. The average molecular weight is 528 g/mol. The first kappa shape index (κ1) is 22.9. The monoisotopic (exact) mass is 527 g/mol. The molecule has 7 heteroatoms. The van der Waals surface area contributed by atoms with E-state index in [9.17, 15) is 0 Å². The highest BCUT2D eigenvalue weighted by molar-refractivity contribution is 7.26. The van der Waals surface area contributed by atoms with Gasteiger partial charge in [-0.15, -0.1) is 11.3 Å². The van der Waals surface area contributed by atoms with Gasteiger partial charge < -0.3 is 4.42 Å². The summed E-state index contributed by atoms with van der Waals surface area (Å²) >= 11 is 13.8. The first-order valence-corrected chi connectivity index (χ1v) is 13.2. The lowest BCUT2D eigenvalue weighted by Crippen LogP contribution is -1.93. The Bertz CT molecular complexity index is 1890. The van der Waals surface area contributed by atoms with E-state index in [-0.39, 0.29) is 10.6 Å². The normalized spacial score (nSPS) is 11.3. The van der Waals surface area contributed by atoms with Gasteiger partial charge in [0.2, 0.25) is 10.6 Å². The molecule has 176 valence electrons. The average Bonchev–Trinajstić information content (AvgIpc) is 3.46. The first-order chi connectivity index (χ1) is 17.6. The van der Waals surface area contributed by atoms with Gasteiger partial charge >= 0.3 is 0 Å². The zero-order valence-electron chi connectivity index (χ0n) is 19.4. The number of thiophene rings is 1. The second-order valence-corrected chi connectivity index (χ2v) is 9.73. The van der Waals surface area contributed by atoms with Crippen molar-refractivity contribution in [3.63, 3.8) is 0 Å². The molecular weight excluding hydrogens is 509 g/mol. The largest absolute Gasteiger partial charge is 0.456 e. The Kier molecular flexibility index (Phi) is 5.84. The van der Waals surface area contributed by atoms with Crippen molar-refractivity contribution in [1.29, 1.82) is 0 Å². The fourth-order valence-corrected chi connectivity index (χ4v) is 6.12. The Balaban J connectivity index is 0.00000117. The summed E-state index contributed by atoms with van der Waals surface area (Å²) < 4.78 is 8.69. The van der Waals surface area contributed by atoms with Crippen molar-refractivity contribution in [2.75, 3.05) is 0 Å². The summed E-state index contributed by atoms with van der Waals surface area (Å²) in [5, 5.41) is 4.69. The van der Waals surface area contributed by atoms with Crippen LogP contribution < -0.4 is 0 Å². The number of nitrogens with zero attached hydrogens (tertiary/aromatic N) is 3. The summed E-state index contributed by atoms with van der Waals surface area (Å²) in [5.41, 5.74) is 4.76. The first-order valence-electron chi connectivity index (χ1n) is 11.6. The molecule has 0 spiro atoms. The summed E-state index contributed by atoms with van der Waals surface area (Å²) in [6.45, 7) is 4.00. The number of aromatic nitrogens is 3. The van der Waals surface area contributed by atoms with Crippen LogP contribution >= 0.6 is 34.5 Å². The van der Waals surface area contributed by atoms with Gasteiger partial charge in [0.25, 0.3) is 0 Å². The molecule has 3 aromatic heterocycles. The van der Waals surface area contributed by atoms with Crippen molar-refractivity contribution in [3.05, 3.63) is 89.4 Å². The van der Waals surface area contributed by atoms with E-state index < -0.39 is 0 Å². The third kappa shape index (κ3) is 3.80. The number of hydrogen-bond donors (Lipinski definition) is 0. The van der Waals surface area contributed by atoms with E-state index in [0.29, 0.717) is 5.82 Å². The SMILES string of the molecule is CC.Clc1nc(Cl)nc(-c2ccc3oc4ccc(-c5cccc6c5sc5ccccc56)cc4c3c2)n1. The van der Waals surface area contributed by atoms with Crippen LogP contribution in [0.3, 0.4) is 0 Å². The van der Waals surface area contributed by atoms with Crippen molar-refractivity contribution in [1.82, 2.24) is 15.0 Å². The summed E-state index contributed by atoms with van der Waals surface area (Å²) in [6, 6.07) is 27.2. The molecule has 0 saturated carbocycles. The van der Waals surface area contributed by atoms with E-state index in [2.05, 4.69) is 69.5 Å². The number of fused-ring (bicyclic) bond motifs is 6. The summed E-state index contributed by atoms with van der Waals surface area (Å²) in [4.78, 5) is 12.3. The molecule has 0 amide bonds. The second kappa shape index (κ2) is 9.17. The topological polar surface area (TPSA) is 51.8 Å². The Morgan fingerprint density at radius 2 is 1.28 bits per heavy atom. The van der Waals surface area contributed by atoms with E-state index in [0.717, 1.165) is 33.1 Å². The predicted octanol–water partition coefficient (Wildman–Crippen LogP) is 9.81. The number of hydrogen-bond acceptors (Lipinski definition) is 5. The lowest BCUT2D eigenvalue weighted by atomic mass is 10.00. The molecule has 36 heavy (non-hydrogen) atoms. The molecular formula is C29H19Cl2N3OS. The maximum atomic E-state index is 6.11. The van der Waals surface area contributed by atoms with Gasteiger partial charge in [-0.1, -0.05) is 56.3 Å². The quantitative estimate of drug-likeness (QED) is 0.224. The van der Waals surface area contributed by atoms with Crippen LogP contribution in [0, 0.1) is 0 Å². The summed E-state index contributed by atoms with van der Waals surface area (Å²) in [5.74, 6) is 0.424. The van der Waals surface area contributed by atoms with Gasteiger partial charge in [0.15, 0.2) is 5.82 Å². The molecule has 0 aliphatic carbocycles. The molecule has 0 radical (unpaired) electrons. The number of furan rings is 1. The van der Waals surface area contributed by atoms with Gasteiger partial charge in [0.05, 0.1) is 0 Å². The van der Waals surface area contributed by atoms with Crippen LogP contribution in [0.2, 0.25) is 10.6 Å². The molecule has 7 aromatic rings. The zero-order valence-corrected chi connectivity index (χ0v) is 21.7. The van der Waals surface area contributed by atoms with Crippen molar-refractivity contribution < 1.29 is 4.42 Å². The summed E-state index contributed by atoms with van der Waals surface area (Å²) in [6.07, 6.45) is 0. The van der Waals surface area contributed by atoms with Crippen LogP contribution in [0.1, 0.15) is 13.8 Å². The van der Waals surface area contributed by atoms with E-state index in [1.165, 1.54) is 25.7 Å². The van der Waals surface area contributed by atoms with Crippen LogP contribution in [0.25, 0.3) is 64.6 Å². The number of rotatable bonds is 2. The Hall–Kier alpha value is -3.51. The molecule has 0 saturated heterocycles. The Labute approximate surface area is 221 Å². The van der Waals surface area contributed by atoms with E-state index in [4.69, 9.17) is 27.6 Å². The molecule has 4 aromatic carbocycles. The smallest absolute Gasteiger partial charge is 0.227 e. The molecule has 0 aliphatic rings. The van der Waals surface area contributed by atoms with Gasteiger partial charge in [-0.3, -0.25) is 0 Å². The van der Waals surface area contributed by atoms with E-state index in [1.54, 1.807) is 0 Å². The van der Waals surface area contributed by atoms with E-state index >= 15 is 0 Å². The second-order valence-electron chi connectivity index (χ2n) is 8.00. The van der Waals surface area contributed by atoms with Gasteiger partial charge in [0.1, 0.15) is 11.2 Å². The van der Waals surface area contributed by atoms with Crippen LogP contribution in [-0.4, -0.2) is 15.0 Å². The molecule has 0 fully saturated rings. The lowest BCUT2D eigenvalue weighted by Gasteiger charge is -2.04. The molecule has 0 N–H and O–H groups in total. The molecule has 7 rings (SSSR count). The van der Waals surface area contributed by atoms with Crippen molar-refractivity contribution >= 4 is 76.6 Å². The maximum Gasteiger partial charge on any atom is 0.227 e. The van der Waals surface area contributed by atoms with Gasteiger partial charge in [-0.25, -0.2) is 0 Å². The minimum absolute atomic E-state index is 0.0610. The van der Waals surface area contributed by atoms with Crippen LogP contribution in [-0.2, 0) is 0 Å². The minimum atomic E-state index is 0.0610.